The van der Waals surface area contributed by atoms with Crippen LogP contribution in [0.5, 0.6) is 11.5 Å². The maximum absolute atomic E-state index is 12.5. The highest BCUT2D eigenvalue weighted by atomic mass is 35.5. The second-order valence-electron chi connectivity index (χ2n) is 4.49. The van der Waals surface area contributed by atoms with Gasteiger partial charge in [-0.15, -0.1) is 0 Å². The van der Waals surface area contributed by atoms with Crippen molar-refractivity contribution >= 4 is 21.4 Å². The summed E-state index contributed by atoms with van der Waals surface area (Å²) in [7, 11) is -3.33. The van der Waals surface area contributed by atoms with Crippen LogP contribution in [0.1, 0.15) is 5.56 Å². The molecule has 0 saturated carbocycles. The van der Waals surface area contributed by atoms with Gasteiger partial charge in [0.2, 0.25) is 0 Å². The molecule has 3 nitrogen and oxygen atoms in total. The lowest BCUT2D eigenvalue weighted by Crippen LogP contribution is -2.04. The van der Waals surface area contributed by atoms with Gasteiger partial charge < -0.3 is 4.74 Å². The first-order chi connectivity index (χ1) is 10.1. The molecule has 0 amide bonds. The van der Waals surface area contributed by atoms with Crippen molar-refractivity contribution in [2.75, 3.05) is 6.26 Å². The van der Waals surface area contributed by atoms with Gasteiger partial charge in [-0.3, -0.25) is 0 Å². The summed E-state index contributed by atoms with van der Waals surface area (Å²) in [6, 6.07) is 8.18. The summed E-state index contributed by atoms with van der Waals surface area (Å²) in [4.78, 5) is 0.110. The Morgan fingerprint density at radius 1 is 1.05 bits per heavy atom. The van der Waals surface area contributed by atoms with Gasteiger partial charge in [-0.25, -0.2) is 8.42 Å². The van der Waals surface area contributed by atoms with Crippen LogP contribution in [0, 0.1) is 0 Å². The number of sulfone groups is 1. The molecule has 22 heavy (non-hydrogen) atoms. The monoisotopic (exact) mass is 350 g/mol. The molecular formula is C14H10ClF3O3S. The predicted molar refractivity (Wildman–Crippen MR) is 76.1 cm³/mol. The van der Waals surface area contributed by atoms with Crippen LogP contribution >= 0.6 is 11.6 Å². The van der Waals surface area contributed by atoms with Crippen molar-refractivity contribution in [1.29, 1.82) is 0 Å². The van der Waals surface area contributed by atoms with Gasteiger partial charge in [0.15, 0.2) is 9.84 Å². The first kappa shape index (κ1) is 16.6. The Labute approximate surface area is 130 Å². The lowest BCUT2D eigenvalue weighted by Gasteiger charge is -2.11. The van der Waals surface area contributed by atoms with Gasteiger partial charge in [-0.05, 0) is 42.5 Å². The second kappa shape index (κ2) is 5.81. The highest BCUT2D eigenvalue weighted by Crippen LogP contribution is 2.36. The standard InChI is InChI=1S/C14H10ClF3O3S/c1-22(19,20)11-5-3-10(4-6-11)21-13-7-2-9(8-12(13)15)14(16,17)18/h2-8H,1H3. The van der Waals surface area contributed by atoms with Gasteiger partial charge in [0.25, 0.3) is 0 Å². The largest absolute Gasteiger partial charge is 0.456 e. The number of hydrogen-bond donors (Lipinski definition) is 0. The van der Waals surface area contributed by atoms with Gasteiger partial charge in [0.1, 0.15) is 11.5 Å². The molecule has 0 radical (unpaired) electrons. The molecule has 2 aromatic carbocycles. The van der Waals surface area contributed by atoms with E-state index in [4.69, 9.17) is 16.3 Å². The summed E-state index contributed by atoms with van der Waals surface area (Å²) < 4.78 is 65.6. The third kappa shape index (κ3) is 3.92. The summed E-state index contributed by atoms with van der Waals surface area (Å²) in [6.07, 6.45) is -3.42. The van der Waals surface area contributed by atoms with E-state index >= 15 is 0 Å². The fourth-order valence-corrected chi connectivity index (χ4v) is 2.49. The van der Waals surface area contributed by atoms with Crippen molar-refractivity contribution in [2.24, 2.45) is 0 Å². The van der Waals surface area contributed by atoms with E-state index in [1.54, 1.807) is 0 Å². The molecule has 2 rings (SSSR count). The van der Waals surface area contributed by atoms with E-state index in [1.165, 1.54) is 24.3 Å². The van der Waals surface area contributed by atoms with Crippen LogP contribution in [-0.2, 0) is 16.0 Å². The van der Waals surface area contributed by atoms with Gasteiger partial charge >= 0.3 is 6.18 Å². The van der Waals surface area contributed by atoms with Crippen LogP contribution in [0.4, 0.5) is 13.2 Å². The zero-order valence-corrected chi connectivity index (χ0v) is 12.8. The van der Waals surface area contributed by atoms with Crippen LogP contribution in [0.15, 0.2) is 47.4 Å². The predicted octanol–water partition coefficient (Wildman–Crippen LogP) is 4.55. The molecule has 0 spiro atoms. The molecule has 0 bridgehead atoms. The van der Waals surface area contributed by atoms with Crippen molar-refractivity contribution in [3.8, 4) is 11.5 Å². The quantitative estimate of drug-likeness (QED) is 0.815. The van der Waals surface area contributed by atoms with Crippen LogP contribution < -0.4 is 4.74 Å². The number of halogens is 4. The zero-order chi connectivity index (χ0) is 16.5. The molecule has 0 fully saturated rings. The first-order valence-corrected chi connectivity index (χ1v) is 8.19. The average molecular weight is 351 g/mol. The van der Waals surface area contributed by atoms with Crippen molar-refractivity contribution < 1.29 is 26.3 Å². The summed E-state index contributed by atoms with van der Waals surface area (Å²) in [6.45, 7) is 0. The Kier molecular flexibility index (Phi) is 4.39. The number of benzene rings is 2. The number of alkyl halides is 3. The summed E-state index contributed by atoms with van der Waals surface area (Å²) >= 11 is 5.77. The minimum Gasteiger partial charge on any atom is -0.456 e. The topological polar surface area (TPSA) is 43.4 Å². The minimum atomic E-state index is -4.49. The van der Waals surface area contributed by atoms with Crippen molar-refractivity contribution in [3.05, 3.63) is 53.1 Å². The Hall–Kier alpha value is -1.73. The van der Waals surface area contributed by atoms with E-state index in [2.05, 4.69) is 0 Å². The Bertz CT molecular complexity index is 784. The number of hydrogen-bond acceptors (Lipinski definition) is 3. The summed E-state index contributed by atoms with van der Waals surface area (Å²) in [5.41, 5.74) is -0.878. The minimum absolute atomic E-state index is 0.0433. The van der Waals surface area contributed by atoms with Gasteiger partial charge in [-0.2, -0.15) is 13.2 Å². The average Bonchev–Trinajstić information content (AvgIpc) is 2.39. The van der Waals surface area contributed by atoms with E-state index in [0.717, 1.165) is 24.5 Å². The first-order valence-electron chi connectivity index (χ1n) is 5.92. The summed E-state index contributed by atoms with van der Waals surface area (Å²) in [5.74, 6) is 0.302. The normalized spacial score (nSPS) is 12.2. The Morgan fingerprint density at radius 2 is 1.64 bits per heavy atom. The molecule has 0 N–H and O–H groups in total. The van der Waals surface area contributed by atoms with Gasteiger partial charge in [-0.1, -0.05) is 11.6 Å². The molecular weight excluding hydrogens is 341 g/mol. The van der Waals surface area contributed by atoms with Crippen molar-refractivity contribution in [2.45, 2.75) is 11.1 Å². The second-order valence-corrected chi connectivity index (χ2v) is 6.91. The molecule has 0 unspecified atom stereocenters. The Balaban J connectivity index is 2.24. The molecule has 0 heterocycles. The van der Waals surface area contributed by atoms with E-state index in [0.29, 0.717) is 0 Å². The van der Waals surface area contributed by atoms with Crippen LogP contribution in [0.2, 0.25) is 5.02 Å². The smallest absolute Gasteiger partial charge is 0.416 e. The van der Waals surface area contributed by atoms with Crippen LogP contribution in [0.3, 0.4) is 0 Å². The van der Waals surface area contributed by atoms with Gasteiger partial charge in [0.05, 0.1) is 15.5 Å². The molecule has 2 aromatic rings. The molecule has 0 aromatic heterocycles. The molecule has 0 aliphatic rings. The van der Waals surface area contributed by atoms with Crippen molar-refractivity contribution in [1.82, 2.24) is 0 Å². The maximum atomic E-state index is 12.5. The van der Waals surface area contributed by atoms with E-state index in [1.807, 2.05) is 0 Å². The molecule has 0 aliphatic carbocycles. The summed E-state index contributed by atoms with van der Waals surface area (Å²) in [5, 5.41) is -0.193. The van der Waals surface area contributed by atoms with Crippen molar-refractivity contribution in [3.63, 3.8) is 0 Å². The zero-order valence-electron chi connectivity index (χ0n) is 11.2. The van der Waals surface area contributed by atoms with Crippen LogP contribution in [0.25, 0.3) is 0 Å². The number of ether oxygens (including phenoxy) is 1. The van der Waals surface area contributed by atoms with E-state index in [9.17, 15) is 21.6 Å². The SMILES string of the molecule is CS(=O)(=O)c1ccc(Oc2ccc(C(F)(F)F)cc2Cl)cc1. The third-order valence-electron chi connectivity index (χ3n) is 2.74. The fourth-order valence-electron chi connectivity index (χ4n) is 1.64. The molecule has 0 saturated heterocycles. The molecule has 118 valence electrons. The lowest BCUT2D eigenvalue weighted by molar-refractivity contribution is -0.137. The molecule has 8 heteroatoms. The highest BCUT2D eigenvalue weighted by molar-refractivity contribution is 7.90. The number of rotatable bonds is 3. The highest BCUT2D eigenvalue weighted by Gasteiger charge is 2.31. The fraction of sp³-hybridized carbons (Fsp3) is 0.143. The maximum Gasteiger partial charge on any atom is 0.416 e. The third-order valence-corrected chi connectivity index (χ3v) is 4.16. The molecule has 0 aliphatic heterocycles. The van der Waals surface area contributed by atoms with Gasteiger partial charge in [0, 0.05) is 6.26 Å². The van der Waals surface area contributed by atoms with E-state index in [-0.39, 0.29) is 21.4 Å². The van der Waals surface area contributed by atoms with Crippen LogP contribution in [-0.4, -0.2) is 14.7 Å². The van der Waals surface area contributed by atoms with E-state index < -0.39 is 21.6 Å². The molecule has 0 atom stereocenters. The Morgan fingerprint density at radius 3 is 2.09 bits per heavy atom. The lowest BCUT2D eigenvalue weighted by atomic mass is 10.2.